The van der Waals surface area contributed by atoms with Crippen LogP contribution in [0.25, 0.3) is 0 Å². The molecule has 0 aliphatic heterocycles. The van der Waals surface area contributed by atoms with Crippen LogP contribution in [-0.2, 0) is 20.7 Å². The number of ether oxygens (including phenoxy) is 2. The molecule has 6 nitrogen and oxygen atoms in total. The molecule has 0 bridgehead atoms. The number of thiophene rings is 1. The van der Waals surface area contributed by atoms with E-state index in [1.807, 2.05) is 6.07 Å². The van der Waals surface area contributed by atoms with Crippen molar-refractivity contribution >= 4 is 52.2 Å². The molecule has 1 aromatic heterocycles. The number of nitrogens with one attached hydrogen (secondary N) is 1. The highest BCUT2D eigenvalue weighted by Crippen LogP contribution is 2.27. The minimum atomic E-state index is -0.684. The molecule has 0 atom stereocenters. The molecule has 1 N–H and O–H groups in total. The van der Waals surface area contributed by atoms with E-state index in [0.717, 1.165) is 4.88 Å². The van der Waals surface area contributed by atoms with E-state index in [2.05, 4.69) is 5.32 Å². The van der Waals surface area contributed by atoms with Crippen molar-refractivity contribution < 1.29 is 23.9 Å². The first kappa shape index (κ1) is 21.2. The van der Waals surface area contributed by atoms with Crippen molar-refractivity contribution in [2.45, 2.75) is 13.3 Å². The summed E-state index contributed by atoms with van der Waals surface area (Å²) in [6.45, 7) is 1.20. The van der Waals surface area contributed by atoms with Crippen LogP contribution in [0.15, 0.2) is 30.3 Å². The average Bonchev–Trinajstić information content (AvgIpc) is 3.07. The van der Waals surface area contributed by atoms with Gasteiger partial charge in [-0.05, 0) is 36.8 Å². The first-order valence-electron chi connectivity index (χ1n) is 7.95. The molecular formula is C18H17Cl2NO5S. The standard InChI is InChI=1S/C18H17Cl2NO5S/c1-11(22)21-7-6-13-3-5-17(27-13)15(23)9-26-18(24)10-25-16-4-2-12(19)8-14(16)20/h2-5,8H,6-7,9-10H2,1H3,(H,21,22). The van der Waals surface area contributed by atoms with Crippen LogP contribution in [0.1, 0.15) is 21.5 Å². The largest absolute Gasteiger partial charge is 0.480 e. The van der Waals surface area contributed by atoms with Crippen LogP contribution < -0.4 is 10.1 Å². The summed E-state index contributed by atoms with van der Waals surface area (Å²) >= 11 is 13.0. The third kappa shape index (κ3) is 7.21. The molecule has 2 rings (SSSR count). The van der Waals surface area contributed by atoms with E-state index < -0.39 is 5.97 Å². The SMILES string of the molecule is CC(=O)NCCc1ccc(C(=O)COC(=O)COc2ccc(Cl)cc2Cl)s1. The summed E-state index contributed by atoms with van der Waals surface area (Å²) in [4.78, 5) is 36.1. The highest BCUT2D eigenvalue weighted by Gasteiger charge is 2.13. The Morgan fingerprint density at radius 2 is 1.89 bits per heavy atom. The molecule has 1 aromatic carbocycles. The van der Waals surface area contributed by atoms with Gasteiger partial charge in [0.05, 0.1) is 9.90 Å². The van der Waals surface area contributed by atoms with Gasteiger partial charge in [-0.3, -0.25) is 9.59 Å². The van der Waals surface area contributed by atoms with Gasteiger partial charge in [0, 0.05) is 23.4 Å². The third-order valence-electron chi connectivity index (χ3n) is 3.29. The van der Waals surface area contributed by atoms with Crippen molar-refractivity contribution in [3.63, 3.8) is 0 Å². The molecule has 0 saturated heterocycles. The minimum absolute atomic E-state index is 0.100. The van der Waals surface area contributed by atoms with Crippen molar-refractivity contribution in [2.75, 3.05) is 19.8 Å². The monoisotopic (exact) mass is 429 g/mol. The summed E-state index contributed by atoms with van der Waals surface area (Å²) in [5, 5.41) is 3.42. The fraction of sp³-hybridized carbons (Fsp3) is 0.278. The topological polar surface area (TPSA) is 81.7 Å². The summed E-state index contributed by atoms with van der Waals surface area (Å²) in [5.74, 6) is -0.788. The Bertz CT molecular complexity index is 837. The molecule has 9 heteroatoms. The fourth-order valence-electron chi connectivity index (χ4n) is 2.01. The summed E-state index contributed by atoms with van der Waals surface area (Å²) in [7, 11) is 0. The van der Waals surface area contributed by atoms with Gasteiger partial charge in [0.15, 0.2) is 13.2 Å². The number of benzene rings is 1. The predicted molar refractivity (Wildman–Crippen MR) is 104 cm³/mol. The van der Waals surface area contributed by atoms with Gasteiger partial charge in [0.25, 0.3) is 0 Å². The molecule has 0 aliphatic rings. The van der Waals surface area contributed by atoms with E-state index in [4.69, 9.17) is 32.7 Å². The fourth-order valence-corrected chi connectivity index (χ4v) is 3.41. The second-order valence-corrected chi connectivity index (χ2v) is 7.46. The van der Waals surface area contributed by atoms with Gasteiger partial charge in [-0.25, -0.2) is 4.79 Å². The zero-order valence-corrected chi connectivity index (χ0v) is 16.7. The molecule has 0 spiro atoms. The number of halogens is 2. The highest BCUT2D eigenvalue weighted by atomic mass is 35.5. The average molecular weight is 430 g/mol. The first-order valence-corrected chi connectivity index (χ1v) is 9.52. The van der Waals surface area contributed by atoms with Gasteiger partial charge in [0.2, 0.25) is 11.7 Å². The van der Waals surface area contributed by atoms with Crippen LogP contribution >= 0.6 is 34.5 Å². The Labute approximate surface area is 170 Å². The molecule has 2 aromatic rings. The molecular weight excluding hydrogens is 413 g/mol. The normalized spacial score (nSPS) is 10.3. The Balaban J connectivity index is 1.75. The van der Waals surface area contributed by atoms with Gasteiger partial charge in [-0.1, -0.05) is 23.2 Å². The van der Waals surface area contributed by atoms with E-state index in [1.54, 1.807) is 12.1 Å². The smallest absolute Gasteiger partial charge is 0.344 e. The number of carbonyl (C=O) groups excluding carboxylic acids is 3. The first-order chi connectivity index (χ1) is 12.8. The molecule has 0 radical (unpaired) electrons. The van der Waals surface area contributed by atoms with Crippen molar-refractivity contribution in [3.05, 3.63) is 50.1 Å². The van der Waals surface area contributed by atoms with Crippen LogP contribution in [0.3, 0.4) is 0 Å². The maximum atomic E-state index is 12.1. The van der Waals surface area contributed by atoms with Crippen molar-refractivity contribution in [1.29, 1.82) is 0 Å². The minimum Gasteiger partial charge on any atom is -0.480 e. The van der Waals surface area contributed by atoms with Crippen LogP contribution in [0, 0.1) is 0 Å². The van der Waals surface area contributed by atoms with Crippen LogP contribution in [0.5, 0.6) is 5.75 Å². The highest BCUT2D eigenvalue weighted by molar-refractivity contribution is 7.14. The maximum Gasteiger partial charge on any atom is 0.344 e. The van der Waals surface area contributed by atoms with Gasteiger partial charge < -0.3 is 14.8 Å². The second-order valence-electron chi connectivity index (χ2n) is 5.45. The van der Waals surface area contributed by atoms with Gasteiger partial charge >= 0.3 is 5.97 Å². The van der Waals surface area contributed by atoms with E-state index >= 15 is 0 Å². The predicted octanol–water partition coefficient (Wildman–Crippen LogP) is 3.54. The Kier molecular flexibility index (Phi) is 8.09. The van der Waals surface area contributed by atoms with E-state index in [-0.39, 0.29) is 29.9 Å². The molecule has 0 unspecified atom stereocenters. The third-order valence-corrected chi connectivity index (χ3v) is 5.00. The summed E-state index contributed by atoms with van der Waals surface area (Å²) in [6.07, 6.45) is 0.632. The zero-order chi connectivity index (χ0) is 19.8. The number of esters is 1. The summed E-state index contributed by atoms with van der Waals surface area (Å²) in [6, 6.07) is 8.10. The summed E-state index contributed by atoms with van der Waals surface area (Å²) < 4.78 is 10.2. The Morgan fingerprint density at radius 1 is 1.11 bits per heavy atom. The molecule has 0 saturated carbocycles. The van der Waals surface area contributed by atoms with Crippen molar-refractivity contribution in [3.8, 4) is 5.75 Å². The summed E-state index contributed by atoms with van der Waals surface area (Å²) in [5.41, 5.74) is 0. The van der Waals surface area contributed by atoms with Crippen LogP contribution in [0.4, 0.5) is 0 Å². The molecule has 27 heavy (non-hydrogen) atoms. The molecule has 0 fully saturated rings. The van der Waals surface area contributed by atoms with Crippen molar-refractivity contribution in [2.24, 2.45) is 0 Å². The molecule has 1 heterocycles. The number of Topliss-reactive ketones (excluding diaryl/α,β-unsaturated/α-hetero) is 1. The molecule has 1 amide bonds. The maximum absolute atomic E-state index is 12.1. The number of hydrogen-bond donors (Lipinski definition) is 1. The zero-order valence-electron chi connectivity index (χ0n) is 14.4. The lowest BCUT2D eigenvalue weighted by molar-refractivity contribution is -0.144. The van der Waals surface area contributed by atoms with Gasteiger partial charge in [0.1, 0.15) is 5.75 Å². The van der Waals surface area contributed by atoms with Crippen LogP contribution in [-0.4, -0.2) is 37.4 Å². The van der Waals surface area contributed by atoms with E-state index in [0.29, 0.717) is 28.6 Å². The van der Waals surface area contributed by atoms with E-state index in [1.165, 1.54) is 30.4 Å². The number of ketones is 1. The lowest BCUT2D eigenvalue weighted by Crippen LogP contribution is -2.22. The van der Waals surface area contributed by atoms with Gasteiger partial charge in [-0.2, -0.15) is 0 Å². The van der Waals surface area contributed by atoms with Crippen LogP contribution in [0.2, 0.25) is 10.0 Å². The lowest BCUT2D eigenvalue weighted by Gasteiger charge is -2.08. The van der Waals surface area contributed by atoms with E-state index in [9.17, 15) is 14.4 Å². The number of rotatable bonds is 9. The second kappa shape index (κ2) is 10.3. The molecule has 0 aliphatic carbocycles. The quantitative estimate of drug-likeness (QED) is 0.486. The number of amides is 1. The lowest BCUT2D eigenvalue weighted by atomic mass is 10.3. The number of carbonyl (C=O) groups is 3. The van der Waals surface area contributed by atoms with Crippen molar-refractivity contribution in [1.82, 2.24) is 5.32 Å². The van der Waals surface area contributed by atoms with Gasteiger partial charge in [-0.15, -0.1) is 11.3 Å². The Hall–Kier alpha value is -2.09. The number of hydrogen-bond acceptors (Lipinski definition) is 6. The Morgan fingerprint density at radius 3 is 2.59 bits per heavy atom. The molecule has 144 valence electrons.